The van der Waals surface area contributed by atoms with Gasteiger partial charge in [-0.05, 0) is 55.2 Å². The van der Waals surface area contributed by atoms with Gasteiger partial charge in [-0.3, -0.25) is 9.59 Å². The Kier molecular flexibility index (Phi) is 9.33. The lowest BCUT2D eigenvalue weighted by Gasteiger charge is -2.09. The minimum Gasteiger partial charge on any atom is -0.466 e. The van der Waals surface area contributed by atoms with Crippen LogP contribution in [-0.2, 0) is 20.7 Å². The summed E-state index contributed by atoms with van der Waals surface area (Å²) in [6, 6.07) is 18.8. The molecule has 0 saturated heterocycles. The predicted molar refractivity (Wildman–Crippen MR) is 115 cm³/mol. The first-order valence-electron chi connectivity index (χ1n) is 9.37. The highest BCUT2D eigenvalue weighted by Crippen LogP contribution is 2.09. The normalized spacial score (nSPS) is 9.90. The van der Waals surface area contributed by atoms with Gasteiger partial charge in [0.15, 0.2) is 5.11 Å². The standard InChI is InChI=1S/C22H23N3O3S/c23-16-18-9-4-11-19(15-18)24-22(29)25-20(26)12-5-13-21(27)28-14-6-10-17-7-2-1-3-8-17/h1-4,7-9,11,15H,5-6,10,12-14H2,(H2,24,25,26,29). The topological polar surface area (TPSA) is 91.2 Å². The van der Waals surface area contributed by atoms with Crippen molar-refractivity contribution in [2.75, 3.05) is 11.9 Å². The molecule has 1 amide bonds. The first-order chi connectivity index (χ1) is 14.1. The average molecular weight is 410 g/mol. The summed E-state index contributed by atoms with van der Waals surface area (Å²) in [7, 11) is 0. The number of thiocarbonyl (C=S) groups is 1. The van der Waals surface area contributed by atoms with E-state index < -0.39 is 0 Å². The van der Waals surface area contributed by atoms with Crippen LogP contribution in [0.25, 0.3) is 0 Å². The molecule has 0 atom stereocenters. The predicted octanol–water partition coefficient (Wildman–Crippen LogP) is 3.72. The Balaban J connectivity index is 1.56. The minimum atomic E-state index is -0.306. The van der Waals surface area contributed by atoms with Crippen LogP contribution in [0.4, 0.5) is 5.69 Å². The van der Waals surface area contributed by atoms with E-state index in [1.807, 2.05) is 36.4 Å². The summed E-state index contributed by atoms with van der Waals surface area (Å²) < 4.78 is 5.19. The number of rotatable bonds is 9. The van der Waals surface area contributed by atoms with E-state index in [-0.39, 0.29) is 29.8 Å². The van der Waals surface area contributed by atoms with E-state index in [0.717, 1.165) is 12.8 Å². The minimum absolute atomic E-state index is 0.147. The highest BCUT2D eigenvalue weighted by Gasteiger charge is 2.08. The average Bonchev–Trinajstić information content (AvgIpc) is 2.72. The Morgan fingerprint density at radius 1 is 1.03 bits per heavy atom. The first-order valence-corrected chi connectivity index (χ1v) is 9.78. The lowest BCUT2D eigenvalue weighted by atomic mass is 10.1. The number of carbonyl (C=O) groups excluding carboxylic acids is 2. The largest absolute Gasteiger partial charge is 0.466 e. The fourth-order valence-corrected chi connectivity index (χ4v) is 2.82. The number of nitrogens with zero attached hydrogens (tertiary/aromatic N) is 1. The van der Waals surface area contributed by atoms with E-state index in [2.05, 4.69) is 10.6 Å². The lowest BCUT2D eigenvalue weighted by molar-refractivity contribution is -0.143. The molecule has 0 radical (unpaired) electrons. The number of ether oxygens (including phenoxy) is 1. The van der Waals surface area contributed by atoms with Crippen LogP contribution in [0.2, 0.25) is 0 Å². The second kappa shape index (κ2) is 12.3. The summed E-state index contributed by atoms with van der Waals surface area (Å²) in [5.41, 5.74) is 2.32. The molecule has 0 bridgehead atoms. The zero-order valence-electron chi connectivity index (χ0n) is 16.0. The van der Waals surface area contributed by atoms with Gasteiger partial charge in [0.25, 0.3) is 0 Å². The summed E-state index contributed by atoms with van der Waals surface area (Å²) in [4.78, 5) is 23.7. The van der Waals surface area contributed by atoms with Crippen molar-refractivity contribution in [3.63, 3.8) is 0 Å². The fourth-order valence-electron chi connectivity index (χ4n) is 2.59. The molecular formula is C22H23N3O3S. The van der Waals surface area contributed by atoms with Crippen molar-refractivity contribution in [1.29, 1.82) is 5.26 Å². The number of amides is 1. The fraction of sp³-hybridized carbons (Fsp3) is 0.273. The molecule has 2 aromatic carbocycles. The van der Waals surface area contributed by atoms with Gasteiger partial charge in [0.2, 0.25) is 5.91 Å². The third-order valence-electron chi connectivity index (χ3n) is 4.00. The van der Waals surface area contributed by atoms with Crippen LogP contribution >= 0.6 is 12.2 Å². The zero-order valence-corrected chi connectivity index (χ0v) is 16.8. The Labute approximate surface area is 175 Å². The van der Waals surface area contributed by atoms with Crippen molar-refractivity contribution >= 4 is 34.9 Å². The quantitative estimate of drug-likeness (QED) is 0.373. The molecule has 0 aliphatic carbocycles. The Morgan fingerprint density at radius 2 is 1.83 bits per heavy atom. The highest BCUT2D eigenvalue weighted by atomic mass is 32.1. The molecule has 0 saturated carbocycles. The first kappa shape index (κ1) is 22.1. The summed E-state index contributed by atoms with van der Waals surface area (Å²) in [5, 5.41) is 14.4. The smallest absolute Gasteiger partial charge is 0.305 e. The van der Waals surface area contributed by atoms with Gasteiger partial charge in [0.1, 0.15) is 0 Å². The summed E-state index contributed by atoms with van der Waals surface area (Å²) >= 11 is 5.09. The summed E-state index contributed by atoms with van der Waals surface area (Å²) in [6.07, 6.45) is 2.36. The Hall–Kier alpha value is -3.24. The van der Waals surface area contributed by atoms with E-state index in [4.69, 9.17) is 22.2 Å². The molecule has 7 heteroatoms. The maximum atomic E-state index is 11.9. The SMILES string of the molecule is N#Cc1cccc(NC(=S)NC(=O)CCCC(=O)OCCCc2ccccc2)c1. The molecule has 0 fully saturated rings. The third-order valence-corrected chi connectivity index (χ3v) is 4.21. The number of hydrogen-bond donors (Lipinski definition) is 2. The lowest BCUT2D eigenvalue weighted by Crippen LogP contribution is -2.34. The van der Waals surface area contributed by atoms with Crippen LogP contribution in [-0.4, -0.2) is 23.6 Å². The maximum absolute atomic E-state index is 11.9. The van der Waals surface area contributed by atoms with Gasteiger partial charge < -0.3 is 15.4 Å². The van der Waals surface area contributed by atoms with Crippen molar-refractivity contribution < 1.29 is 14.3 Å². The van der Waals surface area contributed by atoms with E-state index in [1.165, 1.54) is 5.56 Å². The zero-order chi connectivity index (χ0) is 20.9. The Morgan fingerprint density at radius 3 is 2.59 bits per heavy atom. The van der Waals surface area contributed by atoms with Crippen molar-refractivity contribution in [3.8, 4) is 6.07 Å². The number of esters is 1. The number of aryl methyl sites for hydroxylation is 1. The van der Waals surface area contributed by atoms with Crippen LogP contribution in [0, 0.1) is 11.3 Å². The van der Waals surface area contributed by atoms with Gasteiger partial charge in [-0.1, -0.05) is 36.4 Å². The molecule has 2 rings (SSSR count). The number of nitriles is 1. The number of anilines is 1. The number of hydrogen-bond acceptors (Lipinski definition) is 5. The highest BCUT2D eigenvalue weighted by molar-refractivity contribution is 7.80. The van der Waals surface area contributed by atoms with Gasteiger partial charge in [-0.15, -0.1) is 0 Å². The molecule has 6 nitrogen and oxygen atoms in total. The second-order valence-electron chi connectivity index (χ2n) is 6.36. The summed E-state index contributed by atoms with van der Waals surface area (Å²) in [5.74, 6) is -0.587. The van der Waals surface area contributed by atoms with Crippen LogP contribution in [0.15, 0.2) is 54.6 Å². The molecular weight excluding hydrogens is 386 g/mol. The molecule has 0 heterocycles. The van der Waals surface area contributed by atoms with Crippen molar-refractivity contribution in [2.45, 2.75) is 32.1 Å². The van der Waals surface area contributed by atoms with Crippen molar-refractivity contribution in [2.24, 2.45) is 0 Å². The second-order valence-corrected chi connectivity index (χ2v) is 6.77. The molecule has 0 aromatic heterocycles. The number of benzene rings is 2. The van der Waals surface area contributed by atoms with Crippen LogP contribution in [0.3, 0.4) is 0 Å². The monoisotopic (exact) mass is 409 g/mol. The van der Waals surface area contributed by atoms with Crippen LogP contribution in [0.5, 0.6) is 0 Å². The van der Waals surface area contributed by atoms with Gasteiger partial charge in [0.05, 0.1) is 18.2 Å². The van der Waals surface area contributed by atoms with Crippen molar-refractivity contribution in [1.82, 2.24) is 5.32 Å². The molecule has 2 N–H and O–H groups in total. The molecule has 0 unspecified atom stereocenters. The molecule has 2 aromatic rings. The number of carbonyl (C=O) groups is 2. The molecule has 29 heavy (non-hydrogen) atoms. The third kappa shape index (κ3) is 9.00. The molecule has 0 aliphatic rings. The van der Waals surface area contributed by atoms with E-state index in [0.29, 0.717) is 24.3 Å². The number of nitrogens with one attached hydrogen (secondary N) is 2. The van der Waals surface area contributed by atoms with Gasteiger partial charge in [0, 0.05) is 18.5 Å². The molecule has 0 spiro atoms. The van der Waals surface area contributed by atoms with Crippen LogP contribution in [0.1, 0.15) is 36.8 Å². The Bertz CT molecular complexity index is 878. The van der Waals surface area contributed by atoms with E-state index in [9.17, 15) is 9.59 Å². The van der Waals surface area contributed by atoms with Gasteiger partial charge >= 0.3 is 5.97 Å². The summed E-state index contributed by atoms with van der Waals surface area (Å²) in [6.45, 7) is 0.371. The molecule has 150 valence electrons. The molecule has 0 aliphatic heterocycles. The van der Waals surface area contributed by atoms with Crippen LogP contribution < -0.4 is 10.6 Å². The van der Waals surface area contributed by atoms with Crippen molar-refractivity contribution in [3.05, 3.63) is 65.7 Å². The maximum Gasteiger partial charge on any atom is 0.305 e. The van der Waals surface area contributed by atoms with E-state index in [1.54, 1.807) is 24.3 Å². The van der Waals surface area contributed by atoms with E-state index >= 15 is 0 Å². The van der Waals surface area contributed by atoms with Gasteiger partial charge in [-0.25, -0.2) is 0 Å². The van der Waals surface area contributed by atoms with Gasteiger partial charge in [-0.2, -0.15) is 5.26 Å².